The molecule has 0 heterocycles. The number of esters is 1. The molecule has 1 N–H and O–H groups in total. The minimum absolute atomic E-state index is 0.189. The third kappa shape index (κ3) is 8.21. The summed E-state index contributed by atoms with van der Waals surface area (Å²) in [5, 5.41) is 8.82. The molecule has 2 unspecified atom stereocenters. The maximum Gasteiger partial charge on any atom is 0.330 e. The van der Waals surface area contributed by atoms with E-state index in [0.717, 1.165) is 18.1 Å². The van der Waals surface area contributed by atoms with Gasteiger partial charge in [0.15, 0.2) is 0 Å². The minimum atomic E-state index is -0.698. The number of carboxylic acids is 1. The first-order valence-corrected chi connectivity index (χ1v) is 10.00. The summed E-state index contributed by atoms with van der Waals surface area (Å²) < 4.78 is 10.4. The molecule has 2 aromatic carbocycles. The fourth-order valence-electron chi connectivity index (χ4n) is 2.83. The highest BCUT2D eigenvalue weighted by Crippen LogP contribution is 2.38. The van der Waals surface area contributed by atoms with Crippen molar-refractivity contribution in [1.82, 2.24) is 0 Å². The van der Waals surface area contributed by atoms with E-state index in [1.807, 2.05) is 39.0 Å². The van der Waals surface area contributed by atoms with Crippen molar-refractivity contribution in [2.24, 2.45) is 11.8 Å². The Morgan fingerprint density at radius 2 is 1.67 bits per heavy atom. The topological polar surface area (TPSA) is 72.8 Å². The van der Waals surface area contributed by atoms with Crippen molar-refractivity contribution in [3.05, 3.63) is 72.8 Å². The fraction of sp³-hybridized carbons (Fsp3) is 0.360. The zero-order chi connectivity index (χ0) is 22.1. The number of carbonyl (C=O) groups is 2. The number of carboxylic acid groups (broad SMARTS) is 1. The molecule has 160 valence electrons. The van der Waals surface area contributed by atoms with Gasteiger partial charge in [-0.15, -0.1) is 0 Å². The van der Waals surface area contributed by atoms with Gasteiger partial charge >= 0.3 is 11.9 Å². The maximum atomic E-state index is 10.7. The van der Waals surface area contributed by atoms with Crippen molar-refractivity contribution < 1.29 is 24.2 Å². The predicted octanol–water partition coefficient (Wildman–Crippen LogP) is 5.11. The van der Waals surface area contributed by atoms with E-state index >= 15 is 0 Å². The second kappa shape index (κ2) is 10.7. The first-order chi connectivity index (χ1) is 14.2. The number of ether oxygens (including phenoxy) is 2. The lowest BCUT2D eigenvalue weighted by Gasteiger charge is -2.17. The molecular weight excluding hydrogens is 380 g/mol. The van der Waals surface area contributed by atoms with E-state index in [2.05, 4.69) is 43.0 Å². The van der Waals surface area contributed by atoms with Gasteiger partial charge in [0.05, 0.1) is 19.1 Å². The summed E-state index contributed by atoms with van der Waals surface area (Å²) in [5.74, 6) is -1.06. The summed E-state index contributed by atoms with van der Waals surface area (Å²) in [5.41, 5.74) is 3.10. The van der Waals surface area contributed by atoms with Crippen LogP contribution in [0, 0.1) is 11.8 Å². The highest BCUT2D eigenvalue weighted by atomic mass is 16.6. The van der Waals surface area contributed by atoms with Crippen molar-refractivity contribution >= 4 is 11.9 Å². The van der Waals surface area contributed by atoms with Crippen LogP contribution in [0.25, 0.3) is 11.1 Å². The summed E-state index contributed by atoms with van der Waals surface area (Å²) in [4.78, 5) is 21.2. The number of rotatable bonds is 7. The second-order valence-corrected chi connectivity index (χ2v) is 8.26. The Morgan fingerprint density at radius 1 is 1.07 bits per heavy atom. The third-order valence-electron chi connectivity index (χ3n) is 4.47. The van der Waals surface area contributed by atoms with Crippen LogP contribution < -0.4 is 0 Å². The monoisotopic (exact) mass is 410 g/mol. The van der Waals surface area contributed by atoms with E-state index < -0.39 is 11.6 Å². The molecule has 2 atom stereocenters. The molecule has 3 rings (SSSR count). The van der Waals surface area contributed by atoms with Crippen LogP contribution in [-0.4, -0.2) is 29.3 Å². The van der Waals surface area contributed by atoms with E-state index in [-0.39, 0.29) is 17.8 Å². The quantitative estimate of drug-likeness (QED) is 0.507. The number of hydrogen-bond donors (Lipinski definition) is 1. The standard InChI is InChI=1S/C18H18O3.C7H12O2/c19-18(20)17-10-16(17)12-21-11-13-6-8-15(9-7-13)14-4-2-1-3-5-14;1-5-6(8)9-7(2,3)4/h1-9,16-17H,10-12H2,(H,19,20);5H,1H2,2-4H3. The van der Waals surface area contributed by atoms with Crippen LogP contribution in [0.2, 0.25) is 0 Å². The summed E-state index contributed by atoms with van der Waals surface area (Å²) >= 11 is 0. The highest BCUT2D eigenvalue weighted by Gasteiger charge is 2.43. The van der Waals surface area contributed by atoms with Crippen LogP contribution in [0.4, 0.5) is 0 Å². The Labute approximate surface area is 178 Å². The average molecular weight is 411 g/mol. The van der Waals surface area contributed by atoms with E-state index in [9.17, 15) is 9.59 Å². The van der Waals surface area contributed by atoms with Gasteiger partial charge in [-0.25, -0.2) is 4.79 Å². The van der Waals surface area contributed by atoms with E-state index in [0.29, 0.717) is 13.2 Å². The Morgan fingerprint density at radius 3 is 2.13 bits per heavy atom. The lowest BCUT2D eigenvalue weighted by molar-refractivity contribution is -0.148. The van der Waals surface area contributed by atoms with Gasteiger partial charge in [-0.2, -0.15) is 0 Å². The Kier molecular flexibility index (Phi) is 8.36. The van der Waals surface area contributed by atoms with Gasteiger partial charge in [0, 0.05) is 6.08 Å². The lowest BCUT2D eigenvalue weighted by Crippen LogP contribution is -2.22. The molecule has 1 saturated carbocycles. The molecule has 0 saturated heterocycles. The molecule has 0 aliphatic heterocycles. The van der Waals surface area contributed by atoms with Gasteiger partial charge in [0.25, 0.3) is 0 Å². The number of benzene rings is 2. The smallest absolute Gasteiger partial charge is 0.330 e. The van der Waals surface area contributed by atoms with Crippen molar-refractivity contribution in [1.29, 1.82) is 0 Å². The van der Waals surface area contributed by atoms with Crippen LogP contribution in [-0.2, 0) is 25.7 Å². The van der Waals surface area contributed by atoms with Gasteiger partial charge in [-0.1, -0.05) is 61.2 Å². The van der Waals surface area contributed by atoms with E-state index in [1.54, 1.807) is 0 Å². The summed E-state index contributed by atoms with van der Waals surface area (Å²) in [6.45, 7) is 9.79. The molecule has 1 aliphatic carbocycles. The van der Waals surface area contributed by atoms with Crippen molar-refractivity contribution in [3.63, 3.8) is 0 Å². The van der Waals surface area contributed by atoms with Crippen molar-refractivity contribution in [2.45, 2.75) is 39.4 Å². The summed E-state index contributed by atoms with van der Waals surface area (Å²) in [6, 6.07) is 18.5. The van der Waals surface area contributed by atoms with Crippen LogP contribution in [0.5, 0.6) is 0 Å². The van der Waals surface area contributed by atoms with Crippen LogP contribution in [0.3, 0.4) is 0 Å². The maximum absolute atomic E-state index is 10.7. The average Bonchev–Trinajstić information content (AvgIpc) is 3.48. The molecule has 5 nitrogen and oxygen atoms in total. The predicted molar refractivity (Wildman–Crippen MR) is 117 cm³/mol. The first kappa shape index (κ1) is 23.4. The molecule has 30 heavy (non-hydrogen) atoms. The largest absolute Gasteiger partial charge is 0.481 e. The molecule has 1 aliphatic rings. The molecule has 0 aromatic heterocycles. The number of carbonyl (C=O) groups excluding carboxylic acids is 1. The number of aliphatic carboxylic acids is 1. The van der Waals surface area contributed by atoms with Crippen LogP contribution >= 0.6 is 0 Å². The third-order valence-corrected chi connectivity index (χ3v) is 4.47. The van der Waals surface area contributed by atoms with Crippen molar-refractivity contribution in [2.75, 3.05) is 6.61 Å². The fourth-order valence-corrected chi connectivity index (χ4v) is 2.83. The Balaban J connectivity index is 0.000000303. The SMILES string of the molecule is C=CC(=O)OC(C)(C)C.O=C(O)C1CC1COCc1ccc(-c2ccccc2)cc1. The summed E-state index contributed by atoms with van der Waals surface area (Å²) in [6.07, 6.45) is 1.91. The molecule has 1 fully saturated rings. The van der Waals surface area contributed by atoms with Gasteiger partial charge in [-0.05, 0) is 49.8 Å². The van der Waals surface area contributed by atoms with E-state index in [4.69, 9.17) is 14.6 Å². The van der Waals surface area contributed by atoms with Crippen LogP contribution in [0.15, 0.2) is 67.3 Å². The molecule has 5 heteroatoms. The lowest BCUT2D eigenvalue weighted by atomic mass is 10.0. The van der Waals surface area contributed by atoms with Gasteiger partial charge in [0.1, 0.15) is 5.60 Å². The second-order valence-electron chi connectivity index (χ2n) is 8.26. The molecule has 2 aromatic rings. The van der Waals surface area contributed by atoms with Crippen molar-refractivity contribution in [3.8, 4) is 11.1 Å². The van der Waals surface area contributed by atoms with E-state index in [1.165, 1.54) is 11.1 Å². The Hall–Kier alpha value is -2.92. The molecule has 0 bridgehead atoms. The zero-order valence-electron chi connectivity index (χ0n) is 17.8. The van der Waals surface area contributed by atoms with Crippen LogP contribution in [0.1, 0.15) is 32.8 Å². The van der Waals surface area contributed by atoms with Gasteiger partial charge in [0.2, 0.25) is 0 Å². The van der Waals surface area contributed by atoms with Gasteiger partial charge in [-0.3, -0.25) is 4.79 Å². The molecular formula is C25H30O5. The van der Waals surface area contributed by atoms with Gasteiger partial charge < -0.3 is 14.6 Å². The molecule has 0 radical (unpaired) electrons. The Bertz CT molecular complexity index is 834. The zero-order valence-corrected chi connectivity index (χ0v) is 17.8. The highest BCUT2D eigenvalue weighted by molar-refractivity contribution is 5.81. The minimum Gasteiger partial charge on any atom is -0.481 e. The normalized spacial score (nSPS) is 17.3. The number of hydrogen-bond acceptors (Lipinski definition) is 4. The molecule has 0 spiro atoms. The molecule has 0 amide bonds. The summed E-state index contributed by atoms with van der Waals surface area (Å²) in [7, 11) is 0. The first-order valence-electron chi connectivity index (χ1n) is 10.00.